The van der Waals surface area contributed by atoms with E-state index in [2.05, 4.69) is 17.6 Å². The maximum Gasteiger partial charge on any atom is 0.325 e. The van der Waals surface area contributed by atoms with Crippen molar-refractivity contribution in [1.29, 1.82) is 0 Å². The van der Waals surface area contributed by atoms with Gasteiger partial charge < -0.3 is 10.6 Å². The molecule has 0 radical (unpaired) electrons. The second kappa shape index (κ2) is 6.93. The van der Waals surface area contributed by atoms with Gasteiger partial charge in [0.05, 0.1) is 0 Å². The first kappa shape index (κ1) is 17.0. The highest BCUT2D eigenvalue weighted by atomic mass is 16.2. The standard InChI is InChI=1S/C19H27N3O2/c1-3-14-7-9-15(10-8-14)19(2)17(23)22(18(24)21-19)13-11-16-6-4-5-12-20-16/h7-10,16,20H,3-6,11-13H2,1-2H3,(H,21,24). The van der Waals surface area contributed by atoms with Crippen LogP contribution in [0.3, 0.4) is 0 Å². The summed E-state index contributed by atoms with van der Waals surface area (Å²) in [7, 11) is 0. The summed E-state index contributed by atoms with van der Waals surface area (Å²) in [5.74, 6) is -0.146. The molecule has 3 rings (SSSR count). The van der Waals surface area contributed by atoms with E-state index in [4.69, 9.17) is 0 Å². The molecular formula is C19H27N3O2. The Hall–Kier alpha value is -1.88. The molecule has 2 saturated heterocycles. The topological polar surface area (TPSA) is 61.4 Å². The largest absolute Gasteiger partial charge is 0.325 e. The summed E-state index contributed by atoms with van der Waals surface area (Å²) < 4.78 is 0. The van der Waals surface area contributed by atoms with Crippen LogP contribution in [0.25, 0.3) is 0 Å². The van der Waals surface area contributed by atoms with Crippen LogP contribution >= 0.6 is 0 Å². The molecular weight excluding hydrogens is 302 g/mol. The van der Waals surface area contributed by atoms with Gasteiger partial charge in [-0.05, 0) is 50.3 Å². The number of nitrogens with zero attached hydrogens (tertiary/aromatic N) is 1. The van der Waals surface area contributed by atoms with E-state index in [-0.39, 0.29) is 11.9 Å². The Labute approximate surface area is 143 Å². The van der Waals surface area contributed by atoms with Gasteiger partial charge in [-0.15, -0.1) is 0 Å². The normalized spacial score (nSPS) is 27.4. The Balaban J connectivity index is 1.69. The number of nitrogens with one attached hydrogen (secondary N) is 2. The van der Waals surface area contributed by atoms with E-state index in [1.165, 1.54) is 23.3 Å². The Morgan fingerprint density at radius 3 is 2.58 bits per heavy atom. The number of piperidine rings is 1. The highest BCUT2D eigenvalue weighted by molar-refractivity contribution is 6.07. The summed E-state index contributed by atoms with van der Waals surface area (Å²) in [5.41, 5.74) is 1.11. The SMILES string of the molecule is CCc1ccc(C2(C)NC(=O)N(CCC3CCCCN3)C2=O)cc1. The fourth-order valence-corrected chi connectivity index (χ4v) is 3.62. The van der Waals surface area contributed by atoms with Crippen LogP contribution < -0.4 is 10.6 Å². The van der Waals surface area contributed by atoms with Crippen LogP contribution in [-0.2, 0) is 16.8 Å². The summed E-state index contributed by atoms with van der Waals surface area (Å²) in [6.45, 7) is 5.41. The smallest absolute Gasteiger partial charge is 0.319 e. The van der Waals surface area contributed by atoms with Crippen LogP contribution in [0.1, 0.15) is 50.7 Å². The van der Waals surface area contributed by atoms with Gasteiger partial charge in [-0.3, -0.25) is 9.69 Å². The number of aryl methyl sites for hydroxylation is 1. The first-order chi connectivity index (χ1) is 11.5. The van der Waals surface area contributed by atoms with Crippen molar-refractivity contribution < 1.29 is 9.59 Å². The third-order valence-corrected chi connectivity index (χ3v) is 5.33. The van der Waals surface area contributed by atoms with E-state index in [1.807, 2.05) is 24.3 Å². The molecule has 0 saturated carbocycles. The molecule has 1 aromatic rings. The fourth-order valence-electron chi connectivity index (χ4n) is 3.62. The number of carbonyl (C=O) groups excluding carboxylic acids is 2. The molecule has 0 aromatic heterocycles. The van der Waals surface area contributed by atoms with Crippen LogP contribution in [0.5, 0.6) is 0 Å². The molecule has 1 aromatic carbocycles. The van der Waals surface area contributed by atoms with Gasteiger partial charge >= 0.3 is 6.03 Å². The fraction of sp³-hybridized carbons (Fsp3) is 0.579. The van der Waals surface area contributed by atoms with Crippen molar-refractivity contribution in [2.24, 2.45) is 0 Å². The van der Waals surface area contributed by atoms with Gasteiger partial charge in [0, 0.05) is 12.6 Å². The van der Waals surface area contributed by atoms with Crippen LogP contribution in [0.4, 0.5) is 4.79 Å². The van der Waals surface area contributed by atoms with Gasteiger partial charge in [0.15, 0.2) is 0 Å². The number of benzene rings is 1. The molecule has 5 heteroatoms. The lowest BCUT2D eigenvalue weighted by Crippen LogP contribution is -2.42. The molecule has 2 aliphatic heterocycles. The highest BCUT2D eigenvalue weighted by Gasteiger charge is 2.48. The lowest BCUT2D eigenvalue weighted by atomic mass is 9.91. The van der Waals surface area contributed by atoms with E-state index in [0.717, 1.165) is 31.4 Å². The van der Waals surface area contributed by atoms with Crippen LogP contribution in [0, 0.1) is 0 Å². The van der Waals surface area contributed by atoms with Crippen molar-refractivity contribution >= 4 is 11.9 Å². The van der Waals surface area contributed by atoms with Crippen LogP contribution in [-0.4, -0.2) is 36.0 Å². The maximum absolute atomic E-state index is 12.9. The number of carbonyl (C=O) groups is 2. The maximum atomic E-state index is 12.9. The molecule has 5 nitrogen and oxygen atoms in total. The van der Waals surface area contributed by atoms with Crippen molar-refractivity contribution in [1.82, 2.24) is 15.5 Å². The molecule has 2 fully saturated rings. The quantitative estimate of drug-likeness (QED) is 0.816. The van der Waals surface area contributed by atoms with Gasteiger partial charge in [-0.2, -0.15) is 0 Å². The summed E-state index contributed by atoms with van der Waals surface area (Å²) in [6, 6.07) is 8.07. The van der Waals surface area contributed by atoms with Gasteiger partial charge in [0.2, 0.25) is 0 Å². The van der Waals surface area contributed by atoms with E-state index in [1.54, 1.807) is 6.92 Å². The van der Waals surface area contributed by atoms with E-state index < -0.39 is 5.54 Å². The number of urea groups is 1. The minimum atomic E-state index is -0.955. The van der Waals surface area contributed by atoms with Gasteiger partial charge in [-0.25, -0.2) is 4.79 Å². The molecule has 2 aliphatic rings. The molecule has 2 unspecified atom stereocenters. The Kier molecular flexibility index (Phi) is 4.90. The first-order valence-electron chi connectivity index (χ1n) is 9.01. The lowest BCUT2D eigenvalue weighted by Gasteiger charge is -2.26. The first-order valence-corrected chi connectivity index (χ1v) is 9.01. The zero-order valence-corrected chi connectivity index (χ0v) is 14.6. The molecule has 2 atom stereocenters. The number of hydrogen-bond acceptors (Lipinski definition) is 3. The second-order valence-electron chi connectivity index (χ2n) is 7.00. The van der Waals surface area contributed by atoms with Crippen molar-refractivity contribution in [3.05, 3.63) is 35.4 Å². The van der Waals surface area contributed by atoms with E-state index in [9.17, 15) is 9.59 Å². The number of imide groups is 1. The number of amides is 3. The molecule has 3 amide bonds. The minimum Gasteiger partial charge on any atom is -0.319 e. The average Bonchev–Trinajstić information content (AvgIpc) is 2.84. The van der Waals surface area contributed by atoms with Crippen molar-refractivity contribution in [2.75, 3.05) is 13.1 Å². The number of rotatable bonds is 5. The molecule has 24 heavy (non-hydrogen) atoms. The minimum absolute atomic E-state index is 0.146. The molecule has 2 heterocycles. The van der Waals surface area contributed by atoms with Crippen molar-refractivity contribution in [3.8, 4) is 0 Å². The summed E-state index contributed by atoms with van der Waals surface area (Å²) in [5, 5.41) is 6.36. The predicted molar refractivity (Wildman–Crippen MR) is 93.7 cm³/mol. The molecule has 0 spiro atoms. The zero-order valence-electron chi connectivity index (χ0n) is 14.6. The van der Waals surface area contributed by atoms with Crippen LogP contribution in [0.2, 0.25) is 0 Å². The summed E-state index contributed by atoms with van der Waals surface area (Å²) >= 11 is 0. The molecule has 2 N–H and O–H groups in total. The third-order valence-electron chi connectivity index (χ3n) is 5.33. The third kappa shape index (κ3) is 3.18. The van der Waals surface area contributed by atoms with Crippen molar-refractivity contribution in [2.45, 2.75) is 57.5 Å². The monoisotopic (exact) mass is 329 g/mol. The predicted octanol–water partition coefficient (Wildman–Crippen LogP) is 2.55. The van der Waals surface area contributed by atoms with Gasteiger partial charge in [0.25, 0.3) is 5.91 Å². The molecule has 0 aliphatic carbocycles. The Morgan fingerprint density at radius 1 is 1.21 bits per heavy atom. The Bertz CT molecular complexity index is 608. The van der Waals surface area contributed by atoms with E-state index >= 15 is 0 Å². The van der Waals surface area contributed by atoms with E-state index in [0.29, 0.717) is 12.6 Å². The zero-order chi connectivity index (χ0) is 17.2. The highest BCUT2D eigenvalue weighted by Crippen LogP contribution is 2.29. The second-order valence-corrected chi connectivity index (χ2v) is 7.00. The summed E-state index contributed by atoms with van der Waals surface area (Å²) in [4.78, 5) is 26.6. The van der Waals surface area contributed by atoms with Crippen LogP contribution in [0.15, 0.2) is 24.3 Å². The summed E-state index contributed by atoms with van der Waals surface area (Å²) in [6.07, 6.45) is 5.34. The molecule has 130 valence electrons. The lowest BCUT2D eigenvalue weighted by molar-refractivity contribution is -0.131. The number of hydrogen-bond donors (Lipinski definition) is 2. The molecule has 0 bridgehead atoms. The Morgan fingerprint density at radius 2 is 1.96 bits per heavy atom. The average molecular weight is 329 g/mol. The van der Waals surface area contributed by atoms with Gasteiger partial charge in [0.1, 0.15) is 5.54 Å². The van der Waals surface area contributed by atoms with Crippen molar-refractivity contribution in [3.63, 3.8) is 0 Å². The van der Waals surface area contributed by atoms with Gasteiger partial charge in [-0.1, -0.05) is 37.6 Å².